The molecule has 0 spiro atoms. The Kier molecular flexibility index (Phi) is 3.52. The van der Waals surface area contributed by atoms with Crippen molar-refractivity contribution < 1.29 is 4.92 Å². The lowest BCUT2D eigenvalue weighted by Crippen LogP contribution is -2.03. The first-order valence-electron chi connectivity index (χ1n) is 5.55. The van der Waals surface area contributed by atoms with Crippen LogP contribution in [0.1, 0.15) is 11.3 Å². The van der Waals surface area contributed by atoms with Crippen LogP contribution in [0.4, 0.5) is 11.4 Å². The van der Waals surface area contributed by atoms with E-state index in [4.69, 9.17) is 0 Å². The van der Waals surface area contributed by atoms with Crippen LogP contribution < -0.4 is 5.32 Å². The highest BCUT2D eigenvalue weighted by molar-refractivity contribution is 5.47. The van der Waals surface area contributed by atoms with E-state index >= 15 is 0 Å². The fourth-order valence-corrected chi connectivity index (χ4v) is 1.69. The first kappa shape index (κ1) is 12.0. The lowest BCUT2D eigenvalue weighted by atomic mass is 10.2. The van der Waals surface area contributed by atoms with E-state index in [1.54, 1.807) is 24.4 Å². The van der Waals surface area contributed by atoms with Crippen molar-refractivity contribution in [2.75, 3.05) is 5.32 Å². The van der Waals surface area contributed by atoms with Gasteiger partial charge in [0.25, 0.3) is 5.69 Å². The van der Waals surface area contributed by atoms with Gasteiger partial charge in [0, 0.05) is 35.8 Å². The van der Waals surface area contributed by atoms with Crippen molar-refractivity contribution in [1.82, 2.24) is 4.98 Å². The molecule has 0 fully saturated rings. The molecule has 2 aromatic rings. The molecule has 0 aliphatic heterocycles. The van der Waals surface area contributed by atoms with Crippen molar-refractivity contribution in [3.63, 3.8) is 0 Å². The average molecular weight is 243 g/mol. The summed E-state index contributed by atoms with van der Waals surface area (Å²) in [5, 5.41) is 14.0. The Balaban J connectivity index is 2.13. The minimum absolute atomic E-state index is 0.135. The Morgan fingerprint density at radius 3 is 2.83 bits per heavy atom. The van der Waals surface area contributed by atoms with Gasteiger partial charge in [-0.25, -0.2) is 0 Å². The van der Waals surface area contributed by atoms with Crippen molar-refractivity contribution >= 4 is 11.4 Å². The summed E-state index contributed by atoms with van der Waals surface area (Å²) in [6, 6.07) is 10.4. The number of rotatable bonds is 4. The number of nitro groups is 1. The molecule has 0 atom stereocenters. The van der Waals surface area contributed by atoms with Crippen LogP contribution in [0, 0.1) is 17.0 Å². The Labute approximate surface area is 105 Å². The molecule has 0 saturated heterocycles. The average Bonchev–Trinajstić information content (AvgIpc) is 2.37. The number of pyridine rings is 1. The van der Waals surface area contributed by atoms with Crippen molar-refractivity contribution in [2.45, 2.75) is 13.5 Å². The number of para-hydroxylation sites is 1. The number of nitrogens with zero attached hydrogens (tertiary/aromatic N) is 2. The molecule has 5 nitrogen and oxygen atoms in total. The van der Waals surface area contributed by atoms with Crippen molar-refractivity contribution in [2.24, 2.45) is 0 Å². The van der Waals surface area contributed by atoms with Gasteiger partial charge >= 0.3 is 0 Å². The van der Waals surface area contributed by atoms with Crippen molar-refractivity contribution in [1.29, 1.82) is 0 Å². The minimum atomic E-state index is -0.366. The topological polar surface area (TPSA) is 68.1 Å². The van der Waals surface area contributed by atoms with Crippen LogP contribution in [-0.2, 0) is 6.54 Å². The van der Waals surface area contributed by atoms with E-state index in [2.05, 4.69) is 10.3 Å². The lowest BCUT2D eigenvalue weighted by Gasteiger charge is -2.07. The highest BCUT2D eigenvalue weighted by Gasteiger charge is 2.11. The number of aryl methyl sites for hydroxylation is 1. The van der Waals surface area contributed by atoms with Crippen LogP contribution in [0.3, 0.4) is 0 Å². The van der Waals surface area contributed by atoms with Gasteiger partial charge in [-0.2, -0.15) is 0 Å². The standard InChI is InChI=1S/C13H13N3O2/c1-10-8-12(6-7-14-10)15-9-11-4-2-3-5-13(11)16(17)18/h2-8H,9H2,1H3,(H,14,15). The fourth-order valence-electron chi connectivity index (χ4n) is 1.69. The molecule has 18 heavy (non-hydrogen) atoms. The molecule has 0 unspecified atom stereocenters. The van der Waals surface area contributed by atoms with E-state index in [1.165, 1.54) is 6.07 Å². The third-order valence-corrected chi connectivity index (χ3v) is 2.57. The molecular weight excluding hydrogens is 230 g/mol. The number of aromatic nitrogens is 1. The lowest BCUT2D eigenvalue weighted by molar-refractivity contribution is -0.385. The third kappa shape index (κ3) is 2.82. The Morgan fingerprint density at radius 2 is 2.11 bits per heavy atom. The molecule has 92 valence electrons. The van der Waals surface area contributed by atoms with Crippen LogP contribution in [0.5, 0.6) is 0 Å². The van der Waals surface area contributed by atoms with Crippen LogP contribution >= 0.6 is 0 Å². The number of anilines is 1. The first-order chi connectivity index (χ1) is 8.66. The number of hydrogen-bond donors (Lipinski definition) is 1. The molecule has 1 aromatic heterocycles. The summed E-state index contributed by atoms with van der Waals surface area (Å²) in [6.07, 6.45) is 1.71. The van der Waals surface area contributed by atoms with Gasteiger partial charge in [-0.05, 0) is 19.1 Å². The second kappa shape index (κ2) is 5.27. The predicted molar refractivity (Wildman–Crippen MR) is 69.4 cm³/mol. The summed E-state index contributed by atoms with van der Waals surface area (Å²) in [5.41, 5.74) is 2.61. The summed E-state index contributed by atoms with van der Waals surface area (Å²) in [7, 11) is 0. The molecular formula is C13H13N3O2. The first-order valence-corrected chi connectivity index (χ1v) is 5.55. The number of benzene rings is 1. The van der Waals surface area contributed by atoms with Gasteiger partial charge in [-0.1, -0.05) is 18.2 Å². The zero-order valence-electron chi connectivity index (χ0n) is 9.96. The maximum absolute atomic E-state index is 10.9. The molecule has 0 radical (unpaired) electrons. The van der Waals surface area contributed by atoms with E-state index in [-0.39, 0.29) is 10.6 Å². The van der Waals surface area contributed by atoms with E-state index < -0.39 is 0 Å². The number of nitrogens with one attached hydrogen (secondary N) is 1. The van der Waals surface area contributed by atoms with E-state index in [0.717, 1.165) is 11.4 Å². The molecule has 1 heterocycles. The van der Waals surface area contributed by atoms with Crippen LogP contribution in [-0.4, -0.2) is 9.91 Å². The smallest absolute Gasteiger partial charge is 0.274 e. The maximum Gasteiger partial charge on any atom is 0.274 e. The molecule has 1 aromatic carbocycles. The zero-order valence-corrected chi connectivity index (χ0v) is 9.96. The number of nitro benzene ring substituents is 1. The van der Waals surface area contributed by atoms with Gasteiger partial charge in [0.1, 0.15) is 0 Å². The maximum atomic E-state index is 10.9. The molecule has 5 heteroatoms. The molecule has 0 aliphatic carbocycles. The summed E-state index contributed by atoms with van der Waals surface area (Å²) in [6.45, 7) is 2.32. The summed E-state index contributed by atoms with van der Waals surface area (Å²) >= 11 is 0. The SMILES string of the molecule is Cc1cc(NCc2ccccc2[N+](=O)[O-])ccn1. The van der Waals surface area contributed by atoms with E-state index in [1.807, 2.05) is 19.1 Å². The predicted octanol–water partition coefficient (Wildman–Crippen LogP) is 2.91. The highest BCUT2D eigenvalue weighted by atomic mass is 16.6. The normalized spacial score (nSPS) is 10.1. The molecule has 2 rings (SSSR count). The largest absolute Gasteiger partial charge is 0.381 e. The summed E-state index contributed by atoms with van der Waals surface area (Å²) in [5.74, 6) is 0. The second-order valence-electron chi connectivity index (χ2n) is 3.93. The fraction of sp³-hybridized carbons (Fsp3) is 0.154. The van der Waals surface area contributed by atoms with Crippen LogP contribution in [0.15, 0.2) is 42.6 Å². The van der Waals surface area contributed by atoms with Crippen molar-refractivity contribution in [3.05, 3.63) is 64.0 Å². The monoisotopic (exact) mass is 243 g/mol. The molecule has 0 bridgehead atoms. The van der Waals surface area contributed by atoms with E-state index in [0.29, 0.717) is 12.1 Å². The third-order valence-electron chi connectivity index (χ3n) is 2.57. The molecule has 0 amide bonds. The summed E-state index contributed by atoms with van der Waals surface area (Å²) in [4.78, 5) is 14.6. The Hall–Kier alpha value is -2.43. The highest BCUT2D eigenvalue weighted by Crippen LogP contribution is 2.19. The minimum Gasteiger partial charge on any atom is -0.381 e. The van der Waals surface area contributed by atoms with Crippen LogP contribution in [0.2, 0.25) is 0 Å². The quantitative estimate of drug-likeness (QED) is 0.662. The van der Waals surface area contributed by atoms with Crippen LogP contribution in [0.25, 0.3) is 0 Å². The van der Waals surface area contributed by atoms with Gasteiger partial charge < -0.3 is 5.32 Å². The summed E-state index contributed by atoms with van der Waals surface area (Å²) < 4.78 is 0. The van der Waals surface area contributed by atoms with Gasteiger partial charge in [0.15, 0.2) is 0 Å². The van der Waals surface area contributed by atoms with Gasteiger partial charge in [0.05, 0.1) is 4.92 Å². The zero-order chi connectivity index (χ0) is 13.0. The Bertz CT molecular complexity index is 570. The molecule has 0 aliphatic rings. The molecule has 1 N–H and O–H groups in total. The second-order valence-corrected chi connectivity index (χ2v) is 3.93. The Morgan fingerprint density at radius 1 is 1.33 bits per heavy atom. The van der Waals surface area contributed by atoms with Crippen molar-refractivity contribution in [3.8, 4) is 0 Å². The van der Waals surface area contributed by atoms with Gasteiger partial charge in [-0.15, -0.1) is 0 Å². The molecule has 0 saturated carbocycles. The van der Waals surface area contributed by atoms with E-state index in [9.17, 15) is 10.1 Å². The number of hydrogen-bond acceptors (Lipinski definition) is 4. The van der Waals surface area contributed by atoms with Gasteiger partial charge in [-0.3, -0.25) is 15.1 Å². The van der Waals surface area contributed by atoms with Gasteiger partial charge in [0.2, 0.25) is 0 Å².